The fourth-order valence-electron chi connectivity index (χ4n) is 3.06. The lowest BCUT2D eigenvalue weighted by Crippen LogP contribution is -2.60. The molecule has 0 aromatic heterocycles. The number of carbonyl (C=O) groups excluding carboxylic acids is 1. The maximum Gasteiger partial charge on any atom is 0.229 e. The first-order valence-electron chi connectivity index (χ1n) is 8.98. The Kier molecular flexibility index (Phi) is 6.44. The van der Waals surface area contributed by atoms with Gasteiger partial charge in [-0.25, -0.2) is 0 Å². The minimum Gasteiger partial charge on any atom is -0.508 e. The molecule has 10 heteroatoms. The molecule has 30 heavy (non-hydrogen) atoms. The van der Waals surface area contributed by atoms with Gasteiger partial charge in [0.15, 0.2) is 0 Å². The average molecular weight is 422 g/mol. The topological polar surface area (TPSA) is 166 Å². The van der Waals surface area contributed by atoms with E-state index in [1.807, 2.05) is 0 Å². The van der Waals surface area contributed by atoms with Crippen LogP contribution in [0.2, 0.25) is 0 Å². The molecule has 3 rings (SSSR count). The number of benzene rings is 2. The first-order chi connectivity index (χ1) is 14.3. The number of hydrogen-bond acceptors (Lipinski definition) is 10. The van der Waals surface area contributed by atoms with Gasteiger partial charge in [-0.05, 0) is 24.3 Å². The van der Waals surface area contributed by atoms with Crippen LogP contribution in [0, 0.1) is 0 Å². The number of ether oxygens (including phenoxy) is 3. The summed E-state index contributed by atoms with van der Waals surface area (Å²) in [5, 5.41) is 59.2. The van der Waals surface area contributed by atoms with Crippen molar-refractivity contribution >= 4 is 5.78 Å². The van der Waals surface area contributed by atoms with E-state index in [1.54, 1.807) is 0 Å². The van der Waals surface area contributed by atoms with Crippen molar-refractivity contribution in [2.45, 2.75) is 30.7 Å². The minimum absolute atomic E-state index is 0.0525. The van der Waals surface area contributed by atoms with Gasteiger partial charge >= 0.3 is 0 Å². The van der Waals surface area contributed by atoms with Crippen LogP contribution in [0.15, 0.2) is 36.4 Å². The molecular formula is C20H22O10. The molecule has 6 N–H and O–H groups in total. The largest absolute Gasteiger partial charge is 0.508 e. The van der Waals surface area contributed by atoms with Gasteiger partial charge in [0, 0.05) is 17.7 Å². The second-order valence-corrected chi connectivity index (χ2v) is 6.71. The molecule has 5 atom stereocenters. The molecule has 0 bridgehead atoms. The third-order valence-corrected chi connectivity index (χ3v) is 4.74. The lowest BCUT2D eigenvalue weighted by Gasteiger charge is -2.39. The molecule has 0 aliphatic carbocycles. The Bertz CT molecular complexity index is 895. The fraction of sp³-hybridized carbons (Fsp3) is 0.350. The number of rotatable bonds is 6. The highest BCUT2D eigenvalue weighted by Gasteiger charge is 2.45. The molecule has 10 nitrogen and oxygen atoms in total. The van der Waals surface area contributed by atoms with Crippen LogP contribution in [0.5, 0.6) is 23.0 Å². The molecule has 1 saturated heterocycles. The van der Waals surface area contributed by atoms with Crippen LogP contribution < -0.4 is 9.47 Å². The number of methoxy groups -OCH3 is 1. The number of ketones is 1. The van der Waals surface area contributed by atoms with Crippen molar-refractivity contribution in [2.75, 3.05) is 13.7 Å². The highest BCUT2D eigenvalue weighted by atomic mass is 16.7. The maximum absolute atomic E-state index is 13.0. The monoisotopic (exact) mass is 422 g/mol. The van der Waals surface area contributed by atoms with E-state index >= 15 is 0 Å². The molecule has 0 unspecified atom stereocenters. The molecule has 1 aliphatic rings. The normalized spacial score (nSPS) is 26.2. The van der Waals surface area contributed by atoms with E-state index in [9.17, 15) is 35.4 Å². The summed E-state index contributed by atoms with van der Waals surface area (Å²) in [4.78, 5) is 13.0. The van der Waals surface area contributed by atoms with Gasteiger partial charge in [0.1, 0.15) is 53.0 Å². The van der Waals surface area contributed by atoms with E-state index in [2.05, 4.69) is 0 Å². The zero-order valence-corrected chi connectivity index (χ0v) is 15.9. The van der Waals surface area contributed by atoms with Crippen molar-refractivity contribution in [3.63, 3.8) is 0 Å². The van der Waals surface area contributed by atoms with Crippen molar-refractivity contribution in [1.29, 1.82) is 0 Å². The van der Waals surface area contributed by atoms with E-state index < -0.39 is 48.8 Å². The average Bonchev–Trinajstić information content (AvgIpc) is 2.73. The summed E-state index contributed by atoms with van der Waals surface area (Å²) in [5.41, 5.74) is -0.148. The second kappa shape index (κ2) is 8.86. The zero-order chi connectivity index (χ0) is 22.0. The highest BCUT2D eigenvalue weighted by molar-refractivity contribution is 6.12. The molecular weight excluding hydrogens is 400 g/mol. The first kappa shape index (κ1) is 21.8. The van der Waals surface area contributed by atoms with Crippen LogP contribution in [-0.2, 0) is 4.74 Å². The number of aliphatic hydroxyl groups is 4. The standard InChI is InChI=1S/C20H22O10/c1-28-11-6-12(23)15(16(24)9-2-4-10(22)5-3-9)13(7-11)29-20-19(27)18(26)17(25)14(8-21)30-20/h2-7,14,17-23,25-27H,8H2,1H3/t14-,17-,18+,19-,20-/m1/s1. The van der Waals surface area contributed by atoms with Crippen LogP contribution in [0.25, 0.3) is 0 Å². The van der Waals surface area contributed by atoms with Crippen molar-refractivity contribution in [3.8, 4) is 23.0 Å². The SMILES string of the molecule is COc1cc(O)c(C(=O)c2ccc(O)cc2)c(O[C@@H]2O[C@H](CO)[C@@H](O)[C@H](O)[C@H]2O)c1. The summed E-state index contributed by atoms with van der Waals surface area (Å²) in [7, 11) is 1.33. The van der Waals surface area contributed by atoms with Gasteiger partial charge < -0.3 is 44.8 Å². The summed E-state index contributed by atoms with van der Waals surface area (Å²) in [6.45, 7) is -0.659. The van der Waals surface area contributed by atoms with E-state index in [0.717, 1.165) is 0 Å². The predicted octanol–water partition coefficient (Wildman–Crippen LogP) is -0.484. The molecule has 0 amide bonds. The number of aliphatic hydroxyl groups excluding tert-OH is 4. The Hall–Kier alpha value is -2.89. The molecule has 162 valence electrons. The summed E-state index contributed by atoms with van der Waals surface area (Å²) in [6, 6.07) is 7.75. The smallest absolute Gasteiger partial charge is 0.229 e. The lowest BCUT2D eigenvalue weighted by atomic mass is 9.98. The zero-order valence-electron chi connectivity index (χ0n) is 15.9. The van der Waals surface area contributed by atoms with Gasteiger partial charge in [-0.3, -0.25) is 4.79 Å². The van der Waals surface area contributed by atoms with Crippen LogP contribution >= 0.6 is 0 Å². The molecule has 1 aliphatic heterocycles. The number of hydrogen-bond donors (Lipinski definition) is 6. The summed E-state index contributed by atoms with van der Waals surface area (Å²) < 4.78 is 16.0. The predicted molar refractivity (Wildman–Crippen MR) is 101 cm³/mol. The summed E-state index contributed by atoms with van der Waals surface area (Å²) in [6.07, 6.45) is -7.77. The Morgan fingerprint density at radius 3 is 2.30 bits per heavy atom. The van der Waals surface area contributed by atoms with Gasteiger partial charge in [0.25, 0.3) is 0 Å². The molecule has 1 fully saturated rings. The Morgan fingerprint density at radius 1 is 1.03 bits per heavy atom. The maximum atomic E-state index is 13.0. The number of aromatic hydroxyl groups is 2. The van der Waals surface area contributed by atoms with Gasteiger partial charge in [-0.15, -0.1) is 0 Å². The highest BCUT2D eigenvalue weighted by Crippen LogP contribution is 2.37. The molecule has 1 heterocycles. The molecule has 2 aromatic rings. The third kappa shape index (κ3) is 4.18. The van der Waals surface area contributed by atoms with Crippen LogP contribution in [0.4, 0.5) is 0 Å². The summed E-state index contributed by atoms with van der Waals surface area (Å²) >= 11 is 0. The van der Waals surface area contributed by atoms with Gasteiger partial charge in [0.2, 0.25) is 12.1 Å². The van der Waals surface area contributed by atoms with Gasteiger partial charge in [0.05, 0.1) is 13.7 Å². The van der Waals surface area contributed by atoms with Gasteiger partial charge in [-0.1, -0.05) is 0 Å². The third-order valence-electron chi connectivity index (χ3n) is 4.74. The molecule has 0 radical (unpaired) electrons. The van der Waals surface area contributed by atoms with Crippen LogP contribution in [-0.4, -0.2) is 80.8 Å². The van der Waals surface area contributed by atoms with Crippen molar-refractivity contribution in [1.82, 2.24) is 0 Å². The van der Waals surface area contributed by atoms with Crippen molar-refractivity contribution < 1.29 is 49.6 Å². The first-order valence-corrected chi connectivity index (χ1v) is 8.98. The quantitative estimate of drug-likeness (QED) is 0.335. The van der Waals surface area contributed by atoms with E-state index in [4.69, 9.17) is 14.2 Å². The van der Waals surface area contributed by atoms with Gasteiger partial charge in [-0.2, -0.15) is 0 Å². The lowest BCUT2D eigenvalue weighted by molar-refractivity contribution is -0.277. The van der Waals surface area contributed by atoms with E-state index in [1.165, 1.54) is 43.5 Å². The number of carbonyl (C=O) groups is 1. The van der Waals surface area contributed by atoms with Crippen LogP contribution in [0.1, 0.15) is 15.9 Å². The summed E-state index contributed by atoms with van der Waals surface area (Å²) in [5.74, 6) is -1.28. The molecule has 0 spiro atoms. The van der Waals surface area contributed by atoms with Crippen LogP contribution in [0.3, 0.4) is 0 Å². The van der Waals surface area contributed by atoms with Crippen molar-refractivity contribution in [3.05, 3.63) is 47.5 Å². The Labute approximate surface area is 171 Å². The fourth-order valence-corrected chi connectivity index (χ4v) is 3.06. The number of phenols is 2. The van der Waals surface area contributed by atoms with E-state index in [0.29, 0.717) is 0 Å². The second-order valence-electron chi connectivity index (χ2n) is 6.71. The minimum atomic E-state index is -1.72. The molecule has 0 saturated carbocycles. The Morgan fingerprint density at radius 2 is 1.70 bits per heavy atom. The van der Waals surface area contributed by atoms with E-state index in [-0.39, 0.29) is 28.4 Å². The Balaban J connectivity index is 2.00. The van der Waals surface area contributed by atoms with Crippen molar-refractivity contribution in [2.24, 2.45) is 0 Å². The molecule has 2 aromatic carbocycles. The number of phenolic OH excluding ortho intramolecular Hbond substituents is 2.